The van der Waals surface area contributed by atoms with Gasteiger partial charge in [-0.1, -0.05) is 174 Å². The van der Waals surface area contributed by atoms with Crippen molar-refractivity contribution in [3.8, 4) is 39.4 Å². The van der Waals surface area contributed by atoms with E-state index in [9.17, 15) is 26.3 Å². The molecule has 0 saturated heterocycles. The monoisotopic (exact) mass is 2460 g/mol. The summed E-state index contributed by atoms with van der Waals surface area (Å²) in [6, 6.07) is 85.7. The second kappa shape index (κ2) is 48.0. The molecule has 4 aromatic heterocycles. The first-order valence-corrected chi connectivity index (χ1v) is 46.1. The third-order valence-electron chi connectivity index (χ3n) is 24.1. The molecule has 144 heavy (non-hydrogen) atoms. The average Bonchev–Trinajstić information content (AvgIpc) is 1.62. The summed E-state index contributed by atoms with van der Waals surface area (Å²) in [4.78, 5) is 35.7. The number of hydrogen-bond acceptors (Lipinski definition) is 14. The van der Waals surface area contributed by atoms with E-state index in [2.05, 4.69) is 302 Å². The normalized spacial score (nSPS) is 12.5. The maximum Gasteiger partial charge on any atom is 4.00 e. The second-order valence-electron chi connectivity index (χ2n) is 35.5. The number of fused-ring (bicyclic) bond motifs is 10. The summed E-state index contributed by atoms with van der Waals surface area (Å²) < 4.78 is 76.1. The van der Waals surface area contributed by atoms with Crippen LogP contribution in [0.25, 0.3) is 98.8 Å². The average molecular weight is 2470 g/mol. The molecule has 13 aromatic carbocycles. The minimum absolute atomic E-state index is 0. The van der Waals surface area contributed by atoms with Crippen molar-refractivity contribution in [2.45, 2.75) is 95.4 Å². The van der Waals surface area contributed by atoms with E-state index in [0.29, 0.717) is 5.56 Å². The Morgan fingerprint density at radius 1 is 0.396 bits per heavy atom. The number of aromatic nitrogens is 4. The molecule has 17 nitrogen and oxygen atoms in total. The van der Waals surface area contributed by atoms with E-state index in [1.165, 1.54) is 105 Å². The van der Waals surface area contributed by atoms with Crippen LogP contribution in [0.1, 0.15) is 86.2 Å². The van der Waals surface area contributed by atoms with E-state index in [-0.39, 0.29) is 85.0 Å². The third-order valence-corrected chi connectivity index (χ3v) is 24.1. The Kier molecular flexibility index (Phi) is 36.3. The van der Waals surface area contributed by atoms with E-state index < -0.39 is 23.5 Å². The Hall–Kier alpha value is -13.9. The smallest absolute Gasteiger partial charge is 0.657 e. The zero-order valence-corrected chi connectivity index (χ0v) is 90.0. The number of aryl methyl sites for hydroxylation is 10. The molecule has 7 heterocycles. The van der Waals surface area contributed by atoms with Gasteiger partial charge < -0.3 is 75.0 Å². The van der Waals surface area contributed by atoms with Gasteiger partial charge in [0.25, 0.3) is 0 Å². The zero-order chi connectivity index (χ0) is 100. The number of anilines is 9. The Balaban J connectivity index is 0.000000157. The molecule has 17 aromatic rings. The van der Waals surface area contributed by atoms with E-state index in [1.54, 1.807) is 18.5 Å². The summed E-state index contributed by atoms with van der Waals surface area (Å²) in [6.07, 6.45) is 10.6. The number of alkyl halides is 6. The summed E-state index contributed by atoms with van der Waals surface area (Å²) in [6.45, 7) is 37.8. The number of nitriles is 1. The van der Waals surface area contributed by atoms with Crippen molar-refractivity contribution in [1.29, 1.82) is 5.26 Å². The fourth-order valence-electron chi connectivity index (χ4n) is 18.0. The van der Waals surface area contributed by atoms with Crippen LogP contribution >= 0.6 is 0 Å². The molecular formula is C118H111F6N17Pt3. The van der Waals surface area contributed by atoms with Crippen LogP contribution < -0.4 is 55.4 Å². The van der Waals surface area contributed by atoms with E-state index >= 15 is 0 Å². The van der Waals surface area contributed by atoms with Crippen molar-refractivity contribution in [1.82, 2.24) is 39.5 Å². The Labute approximate surface area is 884 Å². The molecule has 0 amide bonds. The maximum absolute atomic E-state index is 12.7. The summed E-state index contributed by atoms with van der Waals surface area (Å²) >= 11 is 0. The second-order valence-corrected chi connectivity index (χ2v) is 35.5. The van der Waals surface area contributed by atoms with Crippen LogP contribution in [-0.2, 0) is 75.5 Å². The van der Waals surface area contributed by atoms with Crippen LogP contribution in [0, 0.1) is 139 Å². The van der Waals surface area contributed by atoms with Crippen LogP contribution in [0.3, 0.4) is 0 Å². The number of halogens is 6. The SMILES string of the molecule is C/C=C\N(C)[CH-]Nc1[c-]c(N2C=CN(C)[CH-]2)cc(-c2c(C)cc(C)cc2C)c1.C/C=C\N(C)[CH-]Nc1[c-]c(N2C=CN(C)[CH-]2)cc(-c2c(C)cc(C)cc2C)c1.Cc1cc(C)c(-c2cc(N[CH-]N(C)c3ccccc3C)[c-]c(N3[CH-]N(C)c4ccccc43)c2)c(C)c1.FC(F)(F)c1ccc2[n-]c3ccc(C(F)(F)F)cc3c2c1.N#Cc1ccc2[n-]c3ccccc3c2c1.[Pt+4].[Pt+4].[Pt+4].c1ccc2c(c1)[n-]c1cnccc12. The van der Waals surface area contributed by atoms with Crippen molar-refractivity contribution >= 4 is 117 Å². The molecule has 26 heteroatoms. The third kappa shape index (κ3) is 26.2. The van der Waals surface area contributed by atoms with Gasteiger partial charge in [-0.05, 0) is 299 Å². The number of pyridine rings is 1. The predicted octanol–water partition coefficient (Wildman–Crippen LogP) is 28.7. The molecule has 3 N–H and O–H groups in total. The van der Waals surface area contributed by atoms with Crippen molar-refractivity contribution in [2.75, 3.05) is 82.7 Å². The van der Waals surface area contributed by atoms with Gasteiger partial charge in [0.1, 0.15) is 0 Å². The molecule has 0 aliphatic carbocycles. The molecule has 0 bridgehead atoms. The number of allylic oxidation sites excluding steroid dienone is 2. The quantitative estimate of drug-likeness (QED) is 0.0553. The Bertz CT molecular complexity index is 7240. The van der Waals surface area contributed by atoms with Gasteiger partial charge in [-0.15, -0.1) is 139 Å². The number of para-hydroxylation sites is 5. The van der Waals surface area contributed by atoms with E-state index in [1.807, 2.05) is 205 Å². The molecule has 20 rings (SSSR count). The van der Waals surface area contributed by atoms with Gasteiger partial charge in [-0.25, -0.2) is 0 Å². The molecule has 3 aliphatic rings. The Morgan fingerprint density at radius 2 is 0.771 bits per heavy atom. The van der Waals surface area contributed by atoms with Crippen molar-refractivity contribution in [3.05, 3.63) is 423 Å². The largest absolute Gasteiger partial charge is 4.00 e. The molecule has 0 unspecified atom stereocenters. The van der Waals surface area contributed by atoms with Gasteiger partial charge in [-0.3, -0.25) is 4.98 Å². The standard InChI is InChI=1S/C32H33N4.2C24H29N4.C14H6F6N.C13H7N2.C11H7N2.3Pt/c1-22-15-24(3)32(25(4)16-22)26-17-27(33-20-34(5)29-12-8-7-11-23(29)2)19-28(18-26)36-21-35(6)30-13-9-10-14-31(30)36;2*1-7-8-26(5)16-25-22-13-21(24-19(3)11-18(2)12-20(24)4)14-23(15-22)28-10-9-27(6)17-28;15-13(16,17)7-1-3-11-9(5-7)10-6-8(14(18,19)20)2-4-12(10)21-11;14-8-9-5-6-13-11(7-9)10-3-1-2-4-12(10)15-13;1-2-4-10-8(3-1)9-5-6-12-7-11(9)13-10;;;/h7-18,20-21,33H,1-6H3;2*7-14,16-17,25H,1-6H3;1-6H;1-7H;1-7H;;;/q3*-3;3*-1;3*+4/b;2*8-7-;;;;;;. The molecule has 0 spiro atoms. The van der Waals surface area contributed by atoms with Crippen LogP contribution in [0.2, 0.25) is 0 Å². The van der Waals surface area contributed by atoms with Gasteiger partial charge in [0.05, 0.1) is 22.8 Å². The van der Waals surface area contributed by atoms with Gasteiger partial charge >= 0.3 is 75.5 Å². The molecule has 0 radical (unpaired) electrons. The molecule has 740 valence electrons. The molecular weight excluding hydrogens is 2350 g/mol. The number of benzene rings is 13. The number of nitrogens with zero attached hydrogens (tertiary/aromatic N) is 14. The fourth-order valence-corrected chi connectivity index (χ4v) is 18.0. The molecule has 0 atom stereocenters. The summed E-state index contributed by atoms with van der Waals surface area (Å²) in [5.74, 6) is 0. The van der Waals surface area contributed by atoms with Crippen LogP contribution in [0.15, 0.2) is 292 Å². The summed E-state index contributed by atoms with van der Waals surface area (Å²) in [7, 11) is 12.2. The van der Waals surface area contributed by atoms with Crippen molar-refractivity contribution in [3.63, 3.8) is 0 Å². The first-order valence-electron chi connectivity index (χ1n) is 46.1. The predicted molar refractivity (Wildman–Crippen MR) is 569 cm³/mol. The van der Waals surface area contributed by atoms with Gasteiger partial charge in [0, 0.05) is 29.5 Å². The number of rotatable bonds is 18. The maximum atomic E-state index is 12.7. The van der Waals surface area contributed by atoms with E-state index in [4.69, 9.17) is 5.26 Å². The van der Waals surface area contributed by atoms with Gasteiger partial charge in [0.2, 0.25) is 0 Å². The van der Waals surface area contributed by atoms with Crippen LogP contribution in [0.4, 0.5) is 77.5 Å². The van der Waals surface area contributed by atoms with Crippen molar-refractivity contribution in [2.24, 2.45) is 0 Å². The number of hydrogen-bond donors (Lipinski definition) is 3. The van der Waals surface area contributed by atoms with Crippen LogP contribution in [0.5, 0.6) is 0 Å². The van der Waals surface area contributed by atoms with Gasteiger partial charge in [0.15, 0.2) is 0 Å². The van der Waals surface area contributed by atoms with Crippen molar-refractivity contribution < 1.29 is 89.5 Å². The zero-order valence-electron chi connectivity index (χ0n) is 83.2. The molecule has 3 aliphatic heterocycles. The minimum atomic E-state index is -4.56. The summed E-state index contributed by atoms with van der Waals surface area (Å²) in [5, 5.41) is 23.8. The summed E-state index contributed by atoms with van der Waals surface area (Å²) in [5.41, 5.74) is 32.7. The molecule has 0 fully saturated rings. The minimum Gasteiger partial charge on any atom is -0.657 e. The first kappa shape index (κ1) is 109. The fraction of sp³-hybridized carbons (Fsp3) is 0.169. The number of nitrogens with one attached hydrogen (secondary N) is 3. The molecule has 0 saturated carbocycles. The first-order chi connectivity index (χ1) is 67.5. The topological polar surface area (TPSA) is 144 Å². The van der Waals surface area contributed by atoms with Gasteiger partial charge in [-0.2, -0.15) is 71.6 Å². The van der Waals surface area contributed by atoms with E-state index in [0.717, 1.165) is 115 Å². The Morgan fingerprint density at radius 3 is 1.20 bits per heavy atom. The van der Waals surface area contributed by atoms with Crippen LogP contribution in [-0.4, -0.2) is 66.9 Å².